The van der Waals surface area contributed by atoms with Crippen LogP contribution in [0.15, 0.2) is 30.8 Å². The Balaban J connectivity index is 2.10. The van der Waals surface area contributed by atoms with Gasteiger partial charge in [0.15, 0.2) is 0 Å². The molecule has 1 aromatic carbocycles. The normalized spacial score (nSPS) is 15.6. The average molecular weight is 234 g/mol. The molecule has 0 unspecified atom stereocenters. The quantitative estimate of drug-likeness (QED) is 0.592. The van der Waals surface area contributed by atoms with E-state index >= 15 is 0 Å². The van der Waals surface area contributed by atoms with Crippen LogP contribution in [0.2, 0.25) is 0 Å². The molecule has 17 heavy (non-hydrogen) atoms. The molecule has 0 saturated carbocycles. The van der Waals surface area contributed by atoms with Crippen molar-refractivity contribution in [1.82, 2.24) is 4.90 Å². The fraction of sp³-hybridized carbons (Fsp3) is 0.333. The Morgan fingerprint density at radius 2 is 1.88 bits per heavy atom. The van der Waals surface area contributed by atoms with Gasteiger partial charge in [-0.25, -0.2) is 0 Å². The third kappa shape index (κ3) is 2.62. The Morgan fingerprint density at radius 3 is 2.41 bits per heavy atom. The van der Waals surface area contributed by atoms with Crippen LogP contribution in [0.1, 0.15) is 5.56 Å². The Kier molecular flexibility index (Phi) is 3.39. The van der Waals surface area contributed by atoms with E-state index < -0.39 is 4.92 Å². The van der Waals surface area contributed by atoms with Gasteiger partial charge in [-0.15, -0.1) is 0 Å². The molecule has 2 rings (SSSR count). The van der Waals surface area contributed by atoms with E-state index in [1.807, 2.05) is 0 Å². The number of nitro groups is 1. The zero-order chi connectivity index (χ0) is 12.3. The molecule has 0 amide bonds. The first-order valence-electron chi connectivity index (χ1n) is 5.45. The number of morpholine rings is 1. The van der Waals surface area contributed by atoms with E-state index in [9.17, 15) is 10.1 Å². The fourth-order valence-corrected chi connectivity index (χ4v) is 1.79. The molecule has 0 aromatic heterocycles. The summed E-state index contributed by atoms with van der Waals surface area (Å²) >= 11 is 0. The van der Waals surface area contributed by atoms with Gasteiger partial charge in [-0.1, -0.05) is 6.58 Å². The zero-order valence-corrected chi connectivity index (χ0v) is 9.46. The summed E-state index contributed by atoms with van der Waals surface area (Å²) < 4.78 is 5.26. The number of hydrogen-bond acceptors (Lipinski definition) is 4. The predicted octanol–water partition coefficient (Wildman–Crippen LogP) is 1.90. The van der Waals surface area contributed by atoms with Crippen molar-refractivity contribution in [3.8, 4) is 0 Å². The molecule has 0 bridgehead atoms. The highest BCUT2D eigenvalue weighted by Crippen LogP contribution is 2.21. The fourth-order valence-electron chi connectivity index (χ4n) is 1.79. The van der Waals surface area contributed by atoms with Crippen molar-refractivity contribution in [2.75, 3.05) is 26.3 Å². The number of rotatable bonds is 3. The van der Waals surface area contributed by atoms with Crippen LogP contribution in [0.3, 0.4) is 0 Å². The van der Waals surface area contributed by atoms with Gasteiger partial charge >= 0.3 is 0 Å². The van der Waals surface area contributed by atoms with E-state index in [2.05, 4.69) is 11.5 Å². The Labute approximate surface area is 99.5 Å². The minimum absolute atomic E-state index is 0.100. The number of nitro benzene ring substituents is 1. The number of benzene rings is 1. The molecule has 0 N–H and O–H groups in total. The maximum atomic E-state index is 10.5. The standard InChI is InChI=1S/C12H14N2O3/c1-10(13-6-8-17-9-7-13)11-2-4-12(5-3-11)14(15)16/h2-5H,1,6-9H2. The van der Waals surface area contributed by atoms with Gasteiger partial charge in [-0.05, 0) is 17.7 Å². The largest absolute Gasteiger partial charge is 0.378 e. The highest BCUT2D eigenvalue weighted by atomic mass is 16.6. The first-order valence-corrected chi connectivity index (χ1v) is 5.45. The SMILES string of the molecule is C=C(c1ccc([N+](=O)[O-])cc1)N1CCOCC1. The third-order valence-electron chi connectivity index (χ3n) is 2.80. The molecular weight excluding hydrogens is 220 g/mol. The minimum Gasteiger partial charge on any atom is -0.378 e. The van der Waals surface area contributed by atoms with Crippen molar-refractivity contribution in [1.29, 1.82) is 0 Å². The molecule has 0 spiro atoms. The van der Waals surface area contributed by atoms with E-state index in [1.165, 1.54) is 12.1 Å². The summed E-state index contributed by atoms with van der Waals surface area (Å²) in [4.78, 5) is 12.3. The maximum Gasteiger partial charge on any atom is 0.269 e. The summed E-state index contributed by atoms with van der Waals surface area (Å²) in [5.74, 6) is 0. The van der Waals surface area contributed by atoms with Crippen LogP contribution >= 0.6 is 0 Å². The summed E-state index contributed by atoms with van der Waals surface area (Å²) in [5.41, 5.74) is 1.91. The van der Waals surface area contributed by atoms with Crippen LogP contribution in [0.5, 0.6) is 0 Å². The monoisotopic (exact) mass is 234 g/mol. The van der Waals surface area contributed by atoms with E-state index in [1.54, 1.807) is 12.1 Å². The second kappa shape index (κ2) is 4.97. The number of nitrogens with zero attached hydrogens (tertiary/aromatic N) is 2. The Hall–Kier alpha value is -1.88. The van der Waals surface area contributed by atoms with E-state index in [-0.39, 0.29) is 5.69 Å². The van der Waals surface area contributed by atoms with Crippen molar-refractivity contribution in [3.63, 3.8) is 0 Å². The van der Waals surface area contributed by atoms with Crippen LogP contribution in [-0.4, -0.2) is 36.1 Å². The van der Waals surface area contributed by atoms with E-state index in [4.69, 9.17) is 4.74 Å². The minimum atomic E-state index is -0.402. The molecule has 90 valence electrons. The lowest BCUT2D eigenvalue weighted by atomic mass is 10.1. The molecule has 0 aliphatic carbocycles. The first kappa shape index (κ1) is 11.6. The van der Waals surface area contributed by atoms with Gasteiger partial charge in [0.25, 0.3) is 5.69 Å². The van der Waals surface area contributed by atoms with E-state index in [0.29, 0.717) is 13.2 Å². The Morgan fingerprint density at radius 1 is 1.29 bits per heavy atom. The van der Waals surface area contributed by atoms with E-state index in [0.717, 1.165) is 24.4 Å². The molecule has 1 heterocycles. The lowest BCUT2D eigenvalue weighted by molar-refractivity contribution is -0.384. The summed E-state index contributed by atoms with van der Waals surface area (Å²) in [6.07, 6.45) is 0. The highest BCUT2D eigenvalue weighted by molar-refractivity contribution is 5.63. The van der Waals surface area contributed by atoms with Gasteiger partial charge in [0.1, 0.15) is 0 Å². The van der Waals surface area contributed by atoms with Crippen LogP contribution < -0.4 is 0 Å². The van der Waals surface area contributed by atoms with Crippen LogP contribution in [-0.2, 0) is 4.74 Å². The van der Waals surface area contributed by atoms with Gasteiger partial charge in [-0.2, -0.15) is 0 Å². The van der Waals surface area contributed by atoms with Crippen molar-refractivity contribution in [2.45, 2.75) is 0 Å². The first-order chi connectivity index (χ1) is 8.18. The molecule has 5 nitrogen and oxygen atoms in total. The summed E-state index contributed by atoms with van der Waals surface area (Å²) in [5, 5.41) is 10.5. The molecule has 0 atom stereocenters. The number of hydrogen-bond donors (Lipinski definition) is 0. The molecule has 1 aliphatic heterocycles. The molecule has 0 radical (unpaired) electrons. The number of non-ortho nitro benzene ring substituents is 1. The average Bonchev–Trinajstić information content (AvgIpc) is 2.39. The van der Waals surface area contributed by atoms with Gasteiger partial charge in [0.2, 0.25) is 0 Å². The van der Waals surface area contributed by atoms with Gasteiger partial charge in [-0.3, -0.25) is 10.1 Å². The molecule has 5 heteroatoms. The van der Waals surface area contributed by atoms with Crippen LogP contribution in [0, 0.1) is 10.1 Å². The summed E-state index contributed by atoms with van der Waals surface area (Å²) in [6, 6.07) is 6.47. The lowest BCUT2D eigenvalue weighted by Crippen LogP contribution is -2.34. The van der Waals surface area contributed by atoms with Gasteiger partial charge < -0.3 is 9.64 Å². The van der Waals surface area contributed by atoms with Crippen molar-refractivity contribution >= 4 is 11.4 Å². The molecule has 1 aliphatic rings. The molecule has 1 saturated heterocycles. The summed E-state index contributed by atoms with van der Waals surface area (Å²) in [7, 11) is 0. The van der Waals surface area contributed by atoms with Gasteiger partial charge in [0.05, 0.1) is 18.1 Å². The van der Waals surface area contributed by atoms with Gasteiger partial charge in [0, 0.05) is 30.9 Å². The summed E-state index contributed by atoms with van der Waals surface area (Å²) in [6.45, 7) is 7.06. The van der Waals surface area contributed by atoms with Crippen LogP contribution in [0.4, 0.5) is 5.69 Å². The second-order valence-electron chi connectivity index (χ2n) is 3.85. The third-order valence-corrected chi connectivity index (χ3v) is 2.80. The van der Waals surface area contributed by atoms with Crippen LogP contribution in [0.25, 0.3) is 5.70 Å². The second-order valence-corrected chi connectivity index (χ2v) is 3.85. The molecular formula is C12H14N2O3. The smallest absolute Gasteiger partial charge is 0.269 e. The lowest BCUT2D eigenvalue weighted by Gasteiger charge is -2.30. The van der Waals surface area contributed by atoms with Crippen molar-refractivity contribution in [2.24, 2.45) is 0 Å². The molecule has 1 fully saturated rings. The Bertz CT molecular complexity index is 422. The topological polar surface area (TPSA) is 55.6 Å². The van der Waals surface area contributed by atoms with Crippen molar-refractivity contribution < 1.29 is 9.66 Å². The highest BCUT2D eigenvalue weighted by Gasteiger charge is 2.14. The zero-order valence-electron chi connectivity index (χ0n) is 9.46. The van der Waals surface area contributed by atoms with Crippen molar-refractivity contribution in [3.05, 3.63) is 46.5 Å². The molecule has 1 aromatic rings. The maximum absolute atomic E-state index is 10.5. The predicted molar refractivity (Wildman–Crippen MR) is 64.5 cm³/mol. The number of ether oxygens (including phenoxy) is 1.